The van der Waals surface area contributed by atoms with Gasteiger partial charge in [-0.15, -0.1) is 0 Å². The molecule has 0 spiro atoms. The van der Waals surface area contributed by atoms with Crippen LogP contribution in [-0.2, 0) is 4.79 Å². The van der Waals surface area contributed by atoms with E-state index in [1.54, 1.807) is 19.1 Å². The third kappa shape index (κ3) is 4.80. The van der Waals surface area contributed by atoms with Gasteiger partial charge in [-0.2, -0.15) is 0 Å². The van der Waals surface area contributed by atoms with Gasteiger partial charge in [-0.3, -0.25) is 4.79 Å². The van der Waals surface area contributed by atoms with Gasteiger partial charge in [-0.25, -0.2) is 4.79 Å². The van der Waals surface area contributed by atoms with Gasteiger partial charge < -0.3 is 24.8 Å². The summed E-state index contributed by atoms with van der Waals surface area (Å²) in [5.41, 5.74) is 0.944. The lowest BCUT2D eigenvalue weighted by Gasteiger charge is -2.36. The van der Waals surface area contributed by atoms with Crippen molar-refractivity contribution in [2.45, 2.75) is 32.1 Å². The van der Waals surface area contributed by atoms with Crippen molar-refractivity contribution in [1.82, 2.24) is 10.2 Å². The third-order valence-corrected chi connectivity index (χ3v) is 4.77. The van der Waals surface area contributed by atoms with Gasteiger partial charge in [-0.05, 0) is 30.5 Å². The standard InChI is InChI=1S/C19H28N2O5/c1-4-5-8-20-19(24)21-11-14(9-15(12-21)18(22)23)13-6-7-16(25-2)17(10-13)26-3/h6-7,10,14-15H,4-5,8-9,11-12H2,1-3H3,(H,20,24)(H,22,23). The van der Waals surface area contributed by atoms with E-state index in [1.165, 1.54) is 0 Å². The van der Waals surface area contributed by atoms with Gasteiger partial charge in [0, 0.05) is 25.6 Å². The number of methoxy groups -OCH3 is 2. The molecule has 2 unspecified atom stereocenters. The predicted octanol–water partition coefficient (Wildman–Crippen LogP) is 2.70. The fourth-order valence-electron chi connectivity index (χ4n) is 3.28. The Balaban J connectivity index is 2.18. The molecule has 26 heavy (non-hydrogen) atoms. The van der Waals surface area contributed by atoms with E-state index in [0.717, 1.165) is 18.4 Å². The van der Waals surface area contributed by atoms with Gasteiger partial charge in [0.15, 0.2) is 11.5 Å². The molecule has 1 aromatic carbocycles. The largest absolute Gasteiger partial charge is 0.493 e. The van der Waals surface area contributed by atoms with Crippen LogP contribution < -0.4 is 14.8 Å². The second-order valence-electron chi connectivity index (χ2n) is 6.57. The molecule has 1 heterocycles. The minimum absolute atomic E-state index is 0.0680. The van der Waals surface area contributed by atoms with Crippen LogP contribution in [0.5, 0.6) is 11.5 Å². The second-order valence-corrected chi connectivity index (χ2v) is 6.57. The number of ether oxygens (including phenoxy) is 2. The highest BCUT2D eigenvalue weighted by Crippen LogP contribution is 2.35. The third-order valence-electron chi connectivity index (χ3n) is 4.77. The van der Waals surface area contributed by atoms with Gasteiger partial charge in [0.2, 0.25) is 0 Å². The van der Waals surface area contributed by atoms with E-state index in [4.69, 9.17) is 9.47 Å². The predicted molar refractivity (Wildman–Crippen MR) is 97.9 cm³/mol. The van der Waals surface area contributed by atoms with Crippen molar-refractivity contribution in [3.63, 3.8) is 0 Å². The first-order valence-corrected chi connectivity index (χ1v) is 8.97. The van der Waals surface area contributed by atoms with Crippen LogP contribution in [-0.4, -0.2) is 55.9 Å². The Kier molecular flexibility index (Phi) is 7.12. The van der Waals surface area contributed by atoms with Crippen LogP contribution in [0.25, 0.3) is 0 Å². The van der Waals surface area contributed by atoms with Crippen molar-refractivity contribution in [2.75, 3.05) is 33.9 Å². The Hall–Kier alpha value is -2.44. The lowest BCUT2D eigenvalue weighted by molar-refractivity contribution is -0.143. The van der Waals surface area contributed by atoms with E-state index >= 15 is 0 Å². The summed E-state index contributed by atoms with van der Waals surface area (Å²) in [6.07, 6.45) is 2.39. The summed E-state index contributed by atoms with van der Waals surface area (Å²) in [5.74, 6) is -0.306. The number of nitrogens with zero attached hydrogens (tertiary/aromatic N) is 1. The van der Waals surface area contributed by atoms with Crippen LogP contribution in [0.1, 0.15) is 37.7 Å². The minimum atomic E-state index is -0.874. The van der Waals surface area contributed by atoms with Crippen LogP contribution in [0.2, 0.25) is 0 Å². The number of urea groups is 1. The second kappa shape index (κ2) is 9.31. The highest BCUT2D eigenvalue weighted by Gasteiger charge is 2.34. The molecular weight excluding hydrogens is 336 g/mol. The number of unbranched alkanes of at least 4 members (excludes halogenated alkanes) is 1. The summed E-state index contributed by atoms with van der Waals surface area (Å²) >= 11 is 0. The monoisotopic (exact) mass is 364 g/mol. The quantitative estimate of drug-likeness (QED) is 0.726. The van der Waals surface area contributed by atoms with Crippen molar-refractivity contribution in [3.8, 4) is 11.5 Å². The Morgan fingerprint density at radius 2 is 1.96 bits per heavy atom. The molecule has 1 aromatic rings. The fraction of sp³-hybridized carbons (Fsp3) is 0.579. The maximum Gasteiger partial charge on any atom is 0.317 e. The molecule has 0 radical (unpaired) electrons. The molecule has 2 atom stereocenters. The first kappa shape index (κ1) is 19.9. The molecule has 1 fully saturated rings. The molecular formula is C19H28N2O5. The molecule has 0 bridgehead atoms. The van der Waals surface area contributed by atoms with Crippen molar-refractivity contribution >= 4 is 12.0 Å². The zero-order valence-electron chi connectivity index (χ0n) is 15.7. The Morgan fingerprint density at radius 3 is 2.58 bits per heavy atom. The number of likely N-dealkylation sites (tertiary alicyclic amines) is 1. The summed E-state index contributed by atoms with van der Waals surface area (Å²) in [5, 5.41) is 12.4. The molecule has 0 saturated carbocycles. The molecule has 0 aliphatic carbocycles. The van der Waals surface area contributed by atoms with Crippen LogP contribution in [0.3, 0.4) is 0 Å². The van der Waals surface area contributed by atoms with Gasteiger partial charge in [0.1, 0.15) is 0 Å². The number of hydrogen-bond donors (Lipinski definition) is 2. The highest BCUT2D eigenvalue weighted by molar-refractivity contribution is 5.76. The average molecular weight is 364 g/mol. The number of carboxylic acids is 1. The lowest BCUT2D eigenvalue weighted by Crippen LogP contribution is -2.49. The molecule has 144 valence electrons. The van der Waals surface area contributed by atoms with Gasteiger partial charge in [0.25, 0.3) is 0 Å². The zero-order valence-corrected chi connectivity index (χ0v) is 15.7. The Morgan fingerprint density at radius 1 is 1.23 bits per heavy atom. The average Bonchev–Trinajstić information content (AvgIpc) is 2.67. The van der Waals surface area contributed by atoms with E-state index in [9.17, 15) is 14.7 Å². The van der Waals surface area contributed by atoms with Crippen LogP contribution in [0.15, 0.2) is 18.2 Å². The molecule has 1 saturated heterocycles. The summed E-state index contributed by atoms with van der Waals surface area (Å²) in [6, 6.07) is 5.38. The SMILES string of the molecule is CCCCNC(=O)N1CC(C(=O)O)CC(c2ccc(OC)c(OC)c2)C1. The number of piperidine rings is 1. The number of aliphatic carboxylic acids is 1. The number of nitrogens with one attached hydrogen (secondary N) is 1. The van der Waals surface area contributed by atoms with E-state index in [1.807, 2.05) is 18.2 Å². The molecule has 2 amide bonds. The molecule has 2 rings (SSSR count). The Bertz CT molecular complexity index is 634. The number of carbonyl (C=O) groups excluding carboxylic acids is 1. The number of benzene rings is 1. The fourth-order valence-corrected chi connectivity index (χ4v) is 3.28. The summed E-state index contributed by atoms with van der Waals surface area (Å²) in [6.45, 7) is 3.37. The normalized spacial score (nSPS) is 19.7. The van der Waals surface area contributed by atoms with E-state index in [0.29, 0.717) is 31.0 Å². The van der Waals surface area contributed by atoms with Gasteiger partial charge in [-0.1, -0.05) is 19.4 Å². The van der Waals surface area contributed by atoms with Gasteiger partial charge in [0.05, 0.1) is 20.1 Å². The molecule has 7 heteroatoms. The van der Waals surface area contributed by atoms with E-state index in [-0.39, 0.29) is 18.5 Å². The zero-order chi connectivity index (χ0) is 19.1. The smallest absolute Gasteiger partial charge is 0.317 e. The first-order chi connectivity index (χ1) is 12.5. The molecule has 0 aromatic heterocycles. The number of carbonyl (C=O) groups is 2. The van der Waals surface area contributed by atoms with Crippen LogP contribution in [0.4, 0.5) is 4.79 Å². The summed E-state index contributed by atoms with van der Waals surface area (Å²) in [4.78, 5) is 25.6. The first-order valence-electron chi connectivity index (χ1n) is 8.97. The molecule has 7 nitrogen and oxygen atoms in total. The minimum Gasteiger partial charge on any atom is -0.493 e. The maximum absolute atomic E-state index is 12.4. The van der Waals surface area contributed by atoms with Crippen molar-refractivity contribution in [1.29, 1.82) is 0 Å². The maximum atomic E-state index is 12.4. The topological polar surface area (TPSA) is 88.1 Å². The van der Waals surface area contributed by atoms with Gasteiger partial charge >= 0.3 is 12.0 Å². The van der Waals surface area contributed by atoms with Crippen LogP contribution >= 0.6 is 0 Å². The number of amides is 2. The summed E-state index contributed by atoms with van der Waals surface area (Å²) < 4.78 is 10.6. The molecule has 2 N–H and O–H groups in total. The van der Waals surface area contributed by atoms with E-state index in [2.05, 4.69) is 12.2 Å². The number of rotatable bonds is 7. The van der Waals surface area contributed by atoms with E-state index < -0.39 is 11.9 Å². The molecule has 1 aliphatic heterocycles. The number of carboxylic acid groups (broad SMARTS) is 1. The molecule has 1 aliphatic rings. The van der Waals surface area contributed by atoms with Crippen molar-refractivity contribution < 1.29 is 24.2 Å². The number of hydrogen-bond acceptors (Lipinski definition) is 4. The lowest BCUT2D eigenvalue weighted by atomic mass is 9.84. The highest BCUT2D eigenvalue weighted by atomic mass is 16.5. The van der Waals surface area contributed by atoms with Crippen molar-refractivity contribution in [2.24, 2.45) is 5.92 Å². The summed E-state index contributed by atoms with van der Waals surface area (Å²) in [7, 11) is 3.14. The Labute approximate surface area is 154 Å². The van der Waals surface area contributed by atoms with Crippen LogP contribution in [0, 0.1) is 5.92 Å². The van der Waals surface area contributed by atoms with Crippen molar-refractivity contribution in [3.05, 3.63) is 23.8 Å².